The highest BCUT2D eigenvalue weighted by atomic mass is 16.4. The number of nitrogens with zero attached hydrogens (tertiary/aromatic N) is 1. The zero-order valence-corrected chi connectivity index (χ0v) is 5.61. The van der Waals surface area contributed by atoms with E-state index in [1.165, 1.54) is 0 Å². The lowest BCUT2D eigenvalue weighted by molar-refractivity contribution is -0.134. The number of carbonyl (C=O) groups is 1. The van der Waals surface area contributed by atoms with Gasteiger partial charge in [-0.3, -0.25) is 4.79 Å². The Hall–Kier alpha value is -1.12. The van der Waals surface area contributed by atoms with Crippen LogP contribution in [0, 0.1) is 11.3 Å². The molecular formula is C5H10N2O3. The Morgan fingerprint density at radius 2 is 2.20 bits per heavy atom. The van der Waals surface area contributed by atoms with E-state index in [1.54, 1.807) is 6.07 Å². The van der Waals surface area contributed by atoms with Crippen molar-refractivity contribution in [3.8, 4) is 6.07 Å². The summed E-state index contributed by atoms with van der Waals surface area (Å²) in [5.74, 6) is -0.833. The molecule has 0 amide bonds. The molecule has 10 heavy (non-hydrogen) atoms. The van der Waals surface area contributed by atoms with E-state index in [1.807, 2.05) is 0 Å². The van der Waals surface area contributed by atoms with Crippen molar-refractivity contribution in [3.05, 3.63) is 0 Å². The molecule has 4 N–H and O–H groups in total. The molecule has 5 heteroatoms. The van der Waals surface area contributed by atoms with Gasteiger partial charge in [0.2, 0.25) is 0 Å². The normalized spacial score (nSPS) is 10.2. The SMILES string of the molecule is CC(=O)O.N#CC(N)CO. The minimum absolute atomic E-state index is 0.253. The molecule has 0 aromatic heterocycles. The molecule has 0 heterocycles. The third kappa shape index (κ3) is 28.7. The van der Waals surface area contributed by atoms with Crippen molar-refractivity contribution in [3.63, 3.8) is 0 Å². The number of nitriles is 1. The van der Waals surface area contributed by atoms with Crippen LogP contribution in [0.15, 0.2) is 0 Å². The van der Waals surface area contributed by atoms with Crippen LogP contribution in [0.4, 0.5) is 0 Å². The molecule has 0 spiro atoms. The monoisotopic (exact) mass is 146 g/mol. The van der Waals surface area contributed by atoms with Gasteiger partial charge < -0.3 is 15.9 Å². The summed E-state index contributed by atoms with van der Waals surface area (Å²) in [5.41, 5.74) is 4.86. The van der Waals surface area contributed by atoms with Gasteiger partial charge >= 0.3 is 0 Å². The molecule has 0 radical (unpaired) electrons. The smallest absolute Gasteiger partial charge is 0.300 e. The van der Waals surface area contributed by atoms with E-state index in [-0.39, 0.29) is 6.61 Å². The molecule has 5 nitrogen and oxygen atoms in total. The molecule has 58 valence electrons. The van der Waals surface area contributed by atoms with Crippen LogP contribution in [0.25, 0.3) is 0 Å². The number of carboxylic acids is 1. The van der Waals surface area contributed by atoms with Gasteiger partial charge in [0.15, 0.2) is 0 Å². The molecule has 0 aromatic rings. The van der Waals surface area contributed by atoms with E-state index < -0.39 is 12.0 Å². The Morgan fingerprint density at radius 1 is 1.90 bits per heavy atom. The Kier molecular flexibility index (Phi) is 9.18. The van der Waals surface area contributed by atoms with Gasteiger partial charge in [-0.05, 0) is 0 Å². The van der Waals surface area contributed by atoms with E-state index in [4.69, 9.17) is 26.0 Å². The lowest BCUT2D eigenvalue weighted by atomic mass is 10.4. The molecule has 1 atom stereocenters. The maximum absolute atomic E-state index is 9.00. The number of hydrogen-bond acceptors (Lipinski definition) is 4. The fourth-order valence-corrected chi connectivity index (χ4v) is 0.0408. The Bertz CT molecular complexity index is 125. The fourth-order valence-electron chi connectivity index (χ4n) is 0.0408. The van der Waals surface area contributed by atoms with Crippen molar-refractivity contribution < 1.29 is 15.0 Å². The summed E-state index contributed by atoms with van der Waals surface area (Å²) in [4.78, 5) is 9.00. The average Bonchev–Trinajstić information content (AvgIpc) is 1.85. The molecule has 0 saturated carbocycles. The van der Waals surface area contributed by atoms with Gasteiger partial charge in [0, 0.05) is 6.92 Å². The largest absolute Gasteiger partial charge is 0.481 e. The zero-order chi connectivity index (χ0) is 8.57. The van der Waals surface area contributed by atoms with Crippen molar-refractivity contribution in [2.75, 3.05) is 6.61 Å². The van der Waals surface area contributed by atoms with E-state index in [0.29, 0.717) is 0 Å². The lowest BCUT2D eigenvalue weighted by Gasteiger charge is -1.88. The summed E-state index contributed by atoms with van der Waals surface area (Å²) < 4.78 is 0. The molecule has 0 aliphatic heterocycles. The Balaban J connectivity index is 0. The predicted molar refractivity (Wildman–Crippen MR) is 34.0 cm³/mol. The Labute approximate surface area is 58.7 Å². The quantitative estimate of drug-likeness (QED) is 0.436. The van der Waals surface area contributed by atoms with Gasteiger partial charge in [0.1, 0.15) is 6.04 Å². The number of hydrogen-bond donors (Lipinski definition) is 3. The van der Waals surface area contributed by atoms with E-state index in [9.17, 15) is 0 Å². The minimum atomic E-state index is -0.833. The minimum Gasteiger partial charge on any atom is -0.481 e. The van der Waals surface area contributed by atoms with Crippen LogP contribution in [0.3, 0.4) is 0 Å². The number of aliphatic hydroxyl groups excluding tert-OH is 1. The highest BCUT2D eigenvalue weighted by Gasteiger charge is 1.90. The summed E-state index contributed by atoms with van der Waals surface area (Å²) in [6.07, 6.45) is 0. The van der Waals surface area contributed by atoms with Crippen molar-refractivity contribution in [1.29, 1.82) is 5.26 Å². The van der Waals surface area contributed by atoms with Crippen molar-refractivity contribution in [2.24, 2.45) is 5.73 Å². The third-order valence-corrected chi connectivity index (χ3v) is 0.363. The molecule has 0 aliphatic rings. The predicted octanol–water partition coefficient (Wildman–Crippen LogP) is -1.08. The summed E-state index contributed by atoms with van der Waals surface area (Å²) in [6.45, 7) is 0.830. The first-order chi connectivity index (χ1) is 4.54. The highest BCUT2D eigenvalue weighted by Crippen LogP contribution is 1.64. The number of nitrogens with two attached hydrogens (primary N) is 1. The van der Waals surface area contributed by atoms with Crippen LogP contribution in [0.1, 0.15) is 6.92 Å². The van der Waals surface area contributed by atoms with Crippen LogP contribution in [0.2, 0.25) is 0 Å². The number of aliphatic carboxylic acids is 1. The maximum Gasteiger partial charge on any atom is 0.300 e. The molecule has 0 bridgehead atoms. The lowest BCUT2D eigenvalue weighted by Crippen LogP contribution is -2.21. The first-order valence-corrected chi connectivity index (χ1v) is 2.50. The van der Waals surface area contributed by atoms with E-state index in [0.717, 1.165) is 6.92 Å². The van der Waals surface area contributed by atoms with E-state index >= 15 is 0 Å². The second-order valence-electron chi connectivity index (χ2n) is 1.44. The molecule has 0 saturated heterocycles. The summed E-state index contributed by atoms with van der Waals surface area (Å²) >= 11 is 0. The molecular weight excluding hydrogens is 136 g/mol. The number of aliphatic hydroxyl groups is 1. The molecule has 0 aliphatic carbocycles. The van der Waals surface area contributed by atoms with Gasteiger partial charge in [-0.2, -0.15) is 5.26 Å². The molecule has 0 fully saturated rings. The number of rotatable bonds is 1. The van der Waals surface area contributed by atoms with Crippen LogP contribution < -0.4 is 5.73 Å². The van der Waals surface area contributed by atoms with Crippen LogP contribution in [-0.4, -0.2) is 28.8 Å². The first-order valence-electron chi connectivity index (χ1n) is 2.50. The zero-order valence-electron chi connectivity index (χ0n) is 5.61. The third-order valence-electron chi connectivity index (χ3n) is 0.363. The van der Waals surface area contributed by atoms with E-state index in [2.05, 4.69) is 0 Å². The summed E-state index contributed by atoms with van der Waals surface area (Å²) in [7, 11) is 0. The van der Waals surface area contributed by atoms with Crippen LogP contribution >= 0.6 is 0 Å². The molecule has 1 unspecified atom stereocenters. The highest BCUT2D eigenvalue weighted by molar-refractivity contribution is 5.62. The second-order valence-corrected chi connectivity index (χ2v) is 1.44. The van der Waals surface area contributed by atoms with Gasteiger partial charge in [0.25, 0.3) is 5.97 Å². The van der Waals surface area contributed by atoms with Gasteiger partial charge in [-0.25, -0.2) is 0 Å². The fraction of sp³-hybridized carbons (Fsp3) is 0.600. The van der Waals surface area contributed by atoms with Gasteiger partial charge in [-0.1, -0.05) is 0 Å². The van der Waals surface area contributed by atoms with Crippen LogP contribution in [0.5, 0.6) is 0 Å². The second kappa shape index (κ2) is 7.88. The summed E-state index contributed by atoms with van der Waals surface area (Å²) in [5, 5.41) is 23.2. The summed E-state index contributed by atoms with van der Waals surface area (Å²) in [6, 6.07) is 0.939. The molecule has 0 rings (SSSR count). The Morgan fingerprint density at radius 3 is 2.20 bits per heavy atom. The number of carboxylic acid groups (broad SMARTS) is 1. The van der Waals surface area contributed by atoms with Gasteiger partial charge in [0.05, 0.1) is 12.7 Å². The average molecular weight is 146 g/mol. The maximum atomic E-state index is 9.00. The van der Waals surface area contributed by atoms with Gasteiger partial charge in [-0.15, -0.1) is 0 Å². The molecule has 0 aromatic carbocycles. The van der Waals surface area contributed by atoms with Crippen molar-refractivity contribution in [1.82, 2.24) is 0 Å². The van der Waals surface area contributed by atoms with Crippen molar-refractivity contribution >= 4 is 5.97 Å². The van der Waals surface area contributed by atoms with Crippen molar-refractivity contribution in [2.45, 2.75) is 13.0 Å². The first kappa shape index (κ1) is 11.6. The van der Waals surface area contributed by atoms with Crippen LogP contribution in [-0.2, 0) is 4.79 Å². The topological polar surface area (TPSA) is 107 Å². The standard InChI is InChI=1S/C3H6N2O.C2H4O2/c4-1-3(5)2-6;1-2(3)4/h3,6H,2,5H2;1H3,(H,3,4).